The molecule has 2 aliphatic rings. The van der Waals surface area contributed by atoms with Crippen LogP contribution in [-0.4, -0.2) is 22.9 Å². The zero-order valence-electron chi connectivity index (χ0n) is 5.63. The summed E-state index contributed by atoms with van der Waals surface area (Å²) < 4.78 is 5.52. The van der Waals surface area contributed by atoms with Crippen LogP contribution in [0.2, 0.25) is 0 Å². The molecule has 0 aliphatic carbocycles. The largest absolute Gasteiger partial charge is 0.390 e. The van der Waals surface area contributed by atoms with E-state index >= 15 is 0 Å². The van der Waals surface area contributed by atoms with E-state index in [2.05, 4.69) is 0 Å². The topological polar surface area (TPSA) is 29.5 Å². The molecule has 52 valence electrons. The molecule has 2 rings (SSSR count). The van der Waals surface area contributed by atoms with Crippen molar-refractivity contribution in [3.8, 4) is 0 Å². The van der Waals surface area contributed by atoms with Gasteiger partial charge < -0.3 is 9.84 Å². The van der Waals surface area contributed by atoms with E-state index in [4.69, 9.17) is 4.74 Å². The molecule has 2 aliphatic heterocycles. The number of hydrogen-bond donors (Lipinski definition) is 1. The fraction of sp³-hybridized carbons (Fsp3) is 1.00. The quantitative estimate of drug-likeness (QED) is 0.520. The molecule has 0 saturated carbocycles. The minimum absolute atomic E-state index is 0.176. The Kier molecular flexibility index (Phi) is 0.945. The molecule has 3 atom stereocenters. The average molecular weight is 128 g/mol. The molecular formula is C7H12O2. The van der Waals surface area contributed by atoms with E-state index in [1.807, 2.05) is 6.92 Å². The predicted molar refractivity (Wildman–Crippen MR) is 33.1 cm³/mol. The third-order valence-electron chi connectivity index (χ3n) is 2.59. The Balaban J connectivity index is 2.22. The van der Waals surface area contributed by atoms with Crippen LogP contribution in [0.25, 0.3) is 0 Å². The first-order valence-corrected chi connectivity index (χ1v) is 3.56. The van der Waals surface area contributed by atoms with Gasteiger partial charge >= 0.3 is 0 Å². The maximum absolute atomic E-state index is 9.35. The Morgan fingerprint density at radius 2 is 2.44 bits per heavy atom. The Morgan fingerprint density at radius 3 is 2.67 bits per heavy atom. The second-order valence-electron chi connectivity index (χ2n) is 3.34. The molecule has 2 saturated heterocycles. The lowest BCUT2D eigenvalue weighted by molar-refractivity contribution is -0.0297. The summed E-state index contributed by atoms with van der Waals surface area (Å²) >= 11 is 0. The lowest BCUT2D eigenvalue weighted by Gasteiger charge is -2.23. The number of ether oxygens (including phenoxy) is 1. The highest BCUT2D eigenvalue weighted by molar-refractivity contribution is 4.99. The van der Waals surface area contributed by atoms with E-state index in [1.54, 1.807) is 0 Å². The summed E-state index contributed by atoms with van der Waals surface area (Å²) in [5.74, 6) is 0. The SMILES string of the molecule is CC12CCC(CC1O)O2. The normalized spacial score (nSPS) is 56.7. The molecule has 0 amide bonds. The Morgan fingerprint density at radius 1 is 1.67 bits per heavy atom. The van der Waals surface area contributed by atoms with Crippen LogP contribution in [0.5, 0.6) is 0 Å². The van der Waals surface area contributed by atoms with Gasteiger partial charge in [0.1, 0.15) is 0 Å². The number of aliphatic hydroxyl groups excluding tert-OH is 1. The minimum Gasteiger partial charge on any atom is -0.390 e. The molecule has 0 aromatic rings. The van der Waals surface area contributed by atoms with Crippen molar-refractivity contribution in [1.82, 2.24) is 0 Å². The molecular weight excluding hydrogens is 116 g/mol. The van der Waals surface area contributed by atoms with Gasteiger partial charge in [0.25, 0.3) is 0 Å². The van der Waals surface area contributed by atoms with Crippen molar-refractivity contribution >= 4 is 0 Å². The monoisotopic (exact) mass is 128 g/mol. The Hall–Kier alpha value is -0.0800. The number of aliphatic hydroxyl groups is 1. The zero-order valence-corrected chi connectivity index (χ0v) is 5.63. The van der Waals surface area contributed by atoms with Crippen LogP contribution in [0, 0.1) is 0 Å². The molecule has 2 heterocycles. The summed E-state index contributed by atoms with van der Waals surface area (Å²) in [7, 11) is 0. The van der Waals surface area contributed by atoms with Crippen molar-refractivity contribution in [3.05, 3.63) is 0 Å². The van der Waals surface area contributed by atoms with Gasteiger partial charge in [-0.1, -0.05) is 0 Å². The molecule has 2 fully saturated rings. The lowest BCUT2D eigenvalue weighted by Crippen LogP contribution is -2.34. The van der Waals surface area contributed by atoms with Gasteiger partial charge in [-0.25, -0.2) is 0 Å². The van der Waals surface area contributed by atoms with Gasteiger partial charge in [0, 0.05) is 6.42 Å². The van der Waals surface area contributed by atoms with E-state index in [0.29, 0.717) is 6.10 Å². The van der Waals surface area contributed by atoms with Crippen LogP contribution in [0.4, 0.5) is 0 Å². The van der Waals surface area contributed by atoms with Crippen LogP contribution in [0.15, 0.2) is 0 Å². The van der Waals surface area contributed by atoms with Crippen molar-refractivity contribution < 1.29 is 9.84 Å². The van der Waals surface area contributed by atoms with Crippen LogP contribution in [0.1, 0.15) is 26.2 Å². The second-order valence-corrected chi connectivity index (χ2v) is 3.34. The molecule has 0 aromatic carbocycles. The highest BCUT2D eigenvalue weighted by Crippen LogP contribution is 2.42. The fourth-order valence-electron chi connectivity index (χ4n) is 1.86. The van der Waals surface area contributed by atoms with E-state index in [9.17, 15) is 5.11 Å². The molecule has 2 bridgehead atoms. The first-order valence-electron chi connectivity index (χ1n) is 3.56. The molecule has 0 spiro atoms. The van der Waals surface area contributed by atoms with Gasteiger partial charge in [-0.05, 0) is 19.8 Å². The molecule has 0 radical (unpaired) electrons. The van der Waals surface area contributed by atoms with Gasteiger partial charge in [0.2, 0.25) is 0 Å². The van der Waals surface area contributed by atoms with Crippen molar-refractivity contribution in [2.45, 2.75) is 44.0 Å². The van der Waals surface area contributed by atoms with Crippen molar-refractivity contribution in [3.63, 3.8) is 0 Å². The van der Waals surface area contributed by atoms with Gasteiger partial charge in [0.15, 0.2) is 0 Å². The minimum atomic E-state index is -0.198. The third-order valence-corrected chi connectivity index (χ3v) is 2.59. The zero-order chi connectivity index (χ0) is 6.48. The summed E-state index contributed by atoms with van der Waals surface area (Å²) in [5.41, 5.74) is -0.176. The molecule has 3 unspecified atom stereocenters. The first kappa shape index (κ1) is 5.69. The summed E-state index contributed by atoms with van der Waals surface area (Å²) in [5, 5.41) is 9.35. The summed E-state index contributed by atoms with van der Waals surface area (Å²) in [6, 6.07) is 0. The number of fused-ring (bicyclic) bond motifs is 2. The van der Waals surface area contributed by atoms with Crippen molar-refractivity contribution in [2.24, 2.45) is 0 Å². The average Bonchev–Trinajstić information content (AvgIpc) is 2.22. The van der Waals surface area contributed by atoms with E-state index < -0.39 is 0 Å². The van der Waals surface area contributed by atoms with Crippen molar-refractivity contribution in [1.29, 1.82) is 0 Å². The smallest absolute Gasteiger partial charge is 0.0917 e. The number of rotatable bonds is 0. The van der Waals surface area contributed by atoms with Gasteiger partial charge in [0.05, 0.1) is 17.8 Å². The Labute approximate surface area is 54.8 Å². The fourth-order valence-corrected chi connectivity index (χ4v) is 1.86. The highest BCUT2D eigenvalue weighted by Gasteiger charge is 2.49. The lowest BCUT2D eigenvalue weighted by atomic mass is 9.88. The summed E-state index contributed by atoms with van der Waals surface area (Å²) in [6.45, 7) is 2.00. The molecule has 9 heavy (non-hydrogen) atoms. The van der Waals surface area contributed by atoms with Crippen LogP contribution in [0.3, 0.4) is 0 Å². The van der Waals surface area contributed by atoms with Crippen LogP contribution >= 0.6 is 0 Å². The highest BCUT2D eigenvalue weighted by atomic mass is 16.5. The molecule has 2 nitrogen and oxygen atoms in total. The van der Waals surface area contributed by atoms with E-state index in [0.717, 1.165) is 19.3 Å². The van der Waals surface area contributed by atoms with Gasteiger partial charge in [-0.3, -0.25) is 0 Å². The second kappa shape index (κ2) is 1.50. The maximum Gasteiger partial charge on any atom is 0.0917 e. The van der Waals surface area contributed by atoms with Crippen LogP contribution < -0.4 is 0 Å². The summed E-state index contributed by atoms with van der Waals surface area (Å²) in [6.07, 6.45) is 3.21. The molecule has 2 heteroatoms. The standard InChI is InChI=1S/C7H12O2/c1-7-3-2-5(9-7)4-6(7)8/h5-6,8H,2-4H2,1H3. The maximum atomic E-state index is 9.35. The third kappa shape index (κ3) is 0.634. The molecule has 1 N–H and O–H groups in total. The van der Waals surface area contributed by atoms with E-state index in [1.165, 1.54) is 0 Å². The van der Waals surface area contributed by atoms with Gasteiger partial charge in [-0.2, -0.15) is 0 Å². The number of hydrogen-bond acceptors (Lipinski definition) is 2. The molecule has 0 aromatic heterocycles. The van der Waals surface area contributed by atoms with E-state index in [-0.39, 0.29) is 11.7 Å². The van der Waals surface area contributed by atoms with Gasteiger partial charge in [-0.15, -0.1) is 0 Å². The summed E-state index contributed by atoms with van der Waals surface area (Å²) in [4.78, 5) is 0. The Bertz CT molecular complexity index is 135. The van der Waals surface area contributed by atoms with Crippen LogP contribution in [-0.2, 0) is 4.74 Å². The van der Waals surface area contributed by atoms with Crippen molar-refractivity contribution in [2.75, 3.05) is 0 Å². The predicted octanol–water partition coefficient (Wildman–Crippen LogP) is 0.689. The first-order chi connectivity index (χ1) is 4.21.